The highest BCUT2D eigenvalue weighted by Gasteiger charge is 2.11. The molecule has 0 aliphatic carbocycles. The second-order valence-electron chi connectivity index (χ2n) is 5.08. The standard InChI is InChI=1S/C16H21N3/c1-12(2)14-6-4-13(5-7-14)10-16(17-3)15-8-9-18-11-19-15/h4-9,11-12,16-17H,10H2,1-3H3. The zero-order valence-electron chi connectivity index (χ0n) is 11.8. The molecule has 0 aliphatic heterocycles. The van der Waals surface area contributed by atoms with Crippen molar-refractivity contribution in [1.29, 1.82) is 0 Å². The van der Waals surface area contributed by atoms with E-state index in [0.29, 0.717) is 5.92 Å². The van der Waals surface area contributed by atoms with Crippen LogP contribution in [0.15, 0.2) is 42.9 Å². The Morgan fingerprint density at radius 2 is 1.84 bits per heavy atom. The Hall–Kier alpha value is -1.74. The van der Waals surface area contributed by atoms with Crippen molar-refractivity contribution in [3.8, 4) is 0 Å². The third-order valence-corrected chi connectivity index (χ3v) is 3.40. The number of rotatable bonds is 5. The van der Waals surface area contributed by atoms with Crippen molar-refractivity contribution < 1.29 is 0 Å². The monoisotopic (exact) mass is 255 g/mol. The molecule has 2 aromatic rings. The van der Waals surface area contributed by atoms with Crippen LogP contribution in [0.2, 0.25) is 0 Å². The Kier molecular flexibility index (Phi) is 4.63. The number of hydrogen-bond donors (Lipinski definition) is 1. The molecule has 3 nitrogen and oxygen atoms in total. The fourth-order valence-electron chi connectivity index (χ4n) is 2.14. The Morgan fingerprint density at radius 1 is 1.11 bits per heavy atom. The number of benzene rings is 1. The van der Waals surface area contributed by atoms with E-state index in [1.165, 1.54) is 11.1 Å². The molecule has 2 rings (SSSR count). The summed E-state index contributed by atoms with van der Waals surface area (Å²) in [5, 5.41) is 3.31. The van der Waals surface area contributed by atoms with Gasteiger partial charge in [-0.15, -0.1) is 0 Å². The van der Waals surface area contributed by atoms with Crippen LogP contribution in [0.25, 0.3) is 0 Å². The van der Waals surface area contributed by atoms with Gasteiger partial charge in [0.25, 0.3) is 0 Å². The molecule has 0 amide bonds. The average molecular weight is 255 g/mol. The summed E-state index contributed by atoms with van der Waals surface area (Å²) in [6.45, 7) is 4.43. The Morgan fingerprint density at radius 3 is 2.37 bits per heavy atom. The van der Waals surface area contributed by atoms with Crippen LogP contribution in [0, 0.1) is 0 Å². The van der Waals surface area contributed by atoms with Crippen molar-refractivity contribution >= 4 is 0 Å². The van der Waals surface area contributed by atoms with E-state index < -0.39 is 0 Å². The lowest BCUT2D eigenvalue weighted by Crippen LogP contribution is -2.20. The van der Waals surface area contributed by atoms with Crippen LogP contribution < -0.4 is 5.32 Å². The molecule has 100 valence electrons. The highest BCUT2D eigenvalue weighted by molar-refractivity contribution is 5.26. The molecule has 0 aliphatic rings. The zero-order chi connectivity index (χ0) is 13.7. The highest BCUT2D eigenvalue weighted by Crippen LogP contribution is 2.19. The van der Waals surface area contributed by atoms with Crippen LogP contribution >= 0.6 is 0 Å². The van der Waals surface area contributed by atoms with Gasteiger partial charge in [-0.2, -0.15) is 0 Å². The van der Waals surface area contributed by atoms with E-state index >= 15 is 0 Å². The first-order chi connectivity index (χ1) is 9.20. The predicted octanol–water partition coefficient (Wildman–Crippen LogP) is 3.10. The first-order valence-corrected chi connectivity index (χ1v) is 6.72. The summed E-state index contributed by atoms with van der Waals surface area (Å²) >= 11 is 0. The molecular weight excluding hydrogens is 234 g/mol. The molecule has 1 N–H and O–H groups in total. The molecule has 0 saturated carbocycles. The van der Waals surface area contributed by atoms with Gasteiger partial charge in [0.2, 0.25) is 0 Å². The molecule has 19 heavy (non-hydrogen) atoms. The summed E-state index contributed by atoms with van der Waals surface area (Å²) in [5.41, 5.74) is 3.74. The maximum absolute atomic E-state index is 4.32. The van der Waals surface area contributed by atoms with E-state index in [2.05, 4.69) is 53.4 Å². The molecular formula is C16H21N3. The lowest BCUT2D eigenvalue weighted by atomic mass is 9.98. The van der Waals surface area contributed by atoms with Crippen LogP contribution in [0.4, 0.5) is 0 Å². The number of aromatic nitrogens is 2. The summed E-state index contributed by atoms with van der Waals surface area (Å²) < 4.78 is 0. The second-order valence-corrected chi connectivity index (χ2v) is 5.08. The molecule has 1 unspecified atom stereocenters. The lowest BCUT2D eigenvalue weighted by Gasteiger charge is -2.16. The first-order valence-electron chi connectivity index (χ1n) is 6.72. The second kappa shape index (κ2) is 6.43. The largest absolute Gasteiger partial charge is 0.311 e. The Balaban J connectivity index is 2.10. The quantitative estimate of drug-likeness (QED) is 0.892. The van der Waals surface area contributed by atoms with Crippen molar-refractivity contribution in [1.82, 2.24) is 15.3 Å². The van der Waals surface area contributed by atoms with E-state index in [1.54, 1.807) is 12.5 Å². The topological polar surface area (TPSA) is 37.8 Å². The Labute approximate surface area is 115 Å². The van der Waals surface area contributed by atoms with Gasteiger partial charge in [-0.3, -0.25) is 0 Å². The smallest absolute Gasteiger partial charge is 0.115 e. The minimum atomic E-state index is 0.230. The molecule has 0 spiro atoms. The minimum absolute atomic E-state index is 0.230. The van der Waals surface area contributed by atoms with Crippen LogP contribution in [-0.2, 0) is 6.42 Å². The molecule has 0 fully saturated rings. The molecule has 1 aromatic heterocycles. The van der Waals surface area contributed by atoms with Crippen LogP contribution in [0.1, 0.15) is 42.6 Å². The van der Waals surface area contributed by atoms with E-state index in [0.717, 1.165) is 12.1 Å². The maximum Gasteiger partial charge on any atom is 0.115 e. The third-order valence-electron chi connectivity index (χ3n) is 3.40. The van der Waals surface area contributed by atoms with E-state index in [-0.39, 0.29) is 6.04 Å². The van der Waals surface area contributed by atoms with Gasteiger partial charge in [-0.05, 0) is 36.6 Å². The lowest BCUT2D eigenvalue weighted by molar-refractivity contribution is 0.574. The zero-order valence-corrected chi connectivity index (χ0v) is 11.8. The van der Waals surface area contributed by atoms with Crippen molar-refractivity contribution in [3.05, 3.63) is 59.7 Å². The van der Waals surface area contributed by atoms with Gasteiger partial charge in [-0.1, -0.05) is 38.1 Å². The third kappa shape index (κ3) is 3.61. The van der Waals surface area contributed by atoms with E-state index in [4.69, 9.17) is 0 Å². The summed E-state index contributed by atoms with van der Waals surface area (Å²) in [6, 6.07) is 11.0. The molecule has 1 aromatic carbocycles. The molecule has 1 atom stereocenters. The highest BCUT2D eigenvalue weighted by atomic mass is 14.9. The van der Waals surface area contributed by atoms with Gasteiger partial charge in [0.15, 0.2) is 0 Å². The average Bonchev–Trinajstić information content (AvgIpc) is 2.46. The maximum atomic E-state index is 4.32. The fourth-order valence-corrected chi connectivity index (χ4v) is 2.14. The van der Waals surface area contributed by atoms with Crippen molar-refractivity contribution in [2.45, 2.75) is 32.2 Å². The summed E-state index contributed by atoms with van der Waals surface area (Å²) in [6.07, 6.45) is 4.32. The summed E-state index contributed by atoms with van der Waals surface area (Å²) in [4.78, 5) is 8.28. The molecule has 0 saturated heterocycles. The first kappa shape index (κ1) is 13.7. The number of nitrogens with zero attached hydrogens (tertiary/aromatic N) is 2. The number of hydrogen-bond acceptors (Lipinski definition) is 3. The van der Waals surface area contributed by atoms with E-state index in [9.17, 15) is 0 Å². The van der Waals surface area contributed by atoms with Gasteiger partial charge in [0.05, 0.1) is 11.7 Å². The van der Waals surface area contributed by atoms with Crippen LogP contribution in [-0.4, -0.2) is 17.0 Å². The van der Waals surface area contributed by atoms with Gasteiger partial charge in [0.1, 0.15) is 6.33 Å². The van der Waals surface area contributed by atoms with Gasteiger partial charge in [-0.25, -0.2) is 9.97 Å². The summed E-state index contributed by atoms with van der Waals surface area (Å²) in [7, 11) is 1.97. The van der Waals surface area contributed by atoms with Crippen molar-refractivity contribution in [2.75, 3.05) is 7.05 Å². The number of nitrogens with one attached hydrogen (secondary N) is 1. The predicted molar refractivity (Wildman–Crippen MR) is 78.1 cm³/mol. The minimum Gasteiger partial charge on any atom is -0.311 e. The number of likely N-dealkylation sites (N-methyl/N-ethyl adjacent to an activating group) is 1. The van der Waals surface area contributed by atoms with Crippen LogP contribution in [0.3, 0.4) is 0 Å². The van der Waals surface area contributed by atoms with E-state index in [1.807, 2.05) is 13.1 Å². The van der Waals surface area contributed by atoms with Crippen LogP contribution in [0.5, 0.6) is 0 Å². The van der Waals surface area contributed by atoms with Crippen molar-refractivity contribution in [2.24, 2.45) is 0 Å². The molecule has 3 heteroatoms. The fraction of sp³-hybridized carbons (Fsp3) is 0.375. The molecule has 0 bridgehead atoms. The van der Waals surface area contributed by atoms with Crippen molar-refractivity contribution in [3.63, 3.8) is 0 Å². The normalized spacial score (nSPS) is 12.6. The van der Waals surface area contributed by atoms with Gasteiger partial charge >= 0.3 is 0 Å². The van der Waals surface area contributed by atoms with Gasteiger partial charge < -0.3 is 5.32 Å². The molecule has 0 radical (unpaired) electrons. The molecule has 1 heterocycles. The van der Waals surface area contributed by atoms with Gasteiger partial charge in [0, 0.05) is 6.20 Å². The summed E-state index contributed by atoms with van der Waals surface area (Å²) in [5.74, 6) is 0.580. The SMILES string of the molecule is CNC(Cc1ccc(C(C)C)cc1)c1ccncn1. The Bertz CT molecular complexity index is 491.